The van der Waals surface area contributed by atoms with Gasteiger partial charge in [-0.25, -0.2) is 4.39 Å². The summed E-state index contributed by atoms with van der Waals surface area (Å²) in [5, 5.41) is 3.43. The summed E-state index contributed by atoms with van der Waals surface area (Å²) >= 11 is 1.82. The Balaban J connectivity index is 1.98. The molecule has 18 heavy (non-hydrogen) atoms. The minimum Gasteiger partial charge on any atom is -0.305 e. The van der Waals surface area contributed by atoms with E-state index in [1.54, 1.807) is 12.1 Å². The van der Waals surface area contributed by atoms with Crippen LogP contribution in [-0.4, -0.2) is 0 Å². The molecule has 1 aromatic heterocycles. The van der Waals surface area contributed by atoms with Crippen molar-refractivity contribution in [1.29, 1.82) is 0 Å². The number of thiophene rings is 1. The van der Waals surface area contributed by atoms with Crippen LogP contribution in [0.4, 0.5) is 4.39 Å². The van der Waals surface area contributed by atoms with E-state index in [1.165, 1.54) is 21.4 Å². The fourth-order valence-electron chi connectivity index (χ4n) is 1.88. The Hall–Kier alpha value is -1.19. The highest BCUT2D eigenvalue weighted by Crippen LogP contribution is 2.21. The third-order valence-electron chi connectivity index (χ3n) is 3.15. The van der Waals surface area contributed by atoms with E-state index in [1.807, 2.05) is 17.4 Å². The van der Waals surface area contributed by atoms with E-state index in [9.17, 15) is 4.39 Å². The van der Waals surface area contributed by atoms with Gasteiger partial charge in [-0.1, -0.05) is 12.1 Å². The fourth-order valence-corrected chi connectivity index (χ4v) is 2.89. The summed E-state index contributed by atoms with van der Waals surface area (Å²) in [5.41, 5.74) is 2.33. The number of halogens is 1. The molecule has 0 fully saturated rings. The Bertz CT molecular complexity index is 514. The highest BCUT2D eigenvalue weighted by atomic mass is 32.1. The van der Waals surface area contributed by atoms with Crippen LogP contribution in [0.2, 0.25) is 0 Å². The summed E-state index contributed by atoms with van der Waals surface area (Å²) in [6.07, 6.45) is 0. The average molecular weight is 263 g/mol. The summed E-state index contributed by atoms with van der Waals surface area (Å²) in [7, 11) is 0. The predicted molar refractivity (Wildman–Crippen MR) is 75.4 cm³/mol. The van der Waals surface area contributed by atoms with E-state index >= 15 is 0 Å². The van der Waals surface area contributed by atoms with Crippen molar-refractivity contribution in [3.63, 3.8) is 0 Å². The van der Waals surface area contributed by atoms with Crippen LogP contribution in [0.1, 0.15) is 33.8 Å². The molecule has 3 heteroatoms. The smallest absolute Gasteiger partial charge is 0.123 e. The Labute approximate surface area is 112 Å². The molecule has 0 aliphatic carbocycles. The summed E-state index contributed by atoms with van der Waals surface area (Å²) in [4.78, 5) is 2.69. The first-order valence-corrected chi connectivity index (χ1v) is 6.92. The highest BCUT2D eigenvalue weighted by molar-refractivity contribution is 7.12. The summed E-state index contributed by atoms with van der Waals surface area (Å²) in [5.74, 6) is -0.177. The summed E-state index contributed by atoms with van der Waals surface area (Å²) in [6.45, 7) is 7.16. The molecule has 0 spiro atoms. The first kappa shape index (κ1) is 13.2. The normalized spacial score (nSPS) is 12.7. The van der Waals surface area contributed by atoms with E-state index in [2.05, 4.69) is 32.2 Å². The molecule has 2 rings (SSSR count). The molecule has 0 amide bonds. The van der Waals surface area contributed by atoms with E-state index in [4.69, 9.17) is 0 Å². The van der Waals surface area contributed by atoms with Gasteiger partial charge in [0.15, 0.2) is 0 Å². The Morgan fingerprint density at radius 3 is 2.67 bits per heavy atom. The van der Waals surface area contributed by atoms with Crippen molar-refractivity contribution in [2.75, 3.05) is 0 Å². The van der Waals surface area contributed by atoms with Gasteiger partial charge in [-0.05, 0) is 50.1 Å². The first-order valence-electron chi connectivity index (χ1n) is 6.11. The molecule has 1 atom stereocenters. The van der Waals surface area contributed by atoms with Crippen LogP contribution in [0, 0.1) is 19.7 Å². The second kappa shape index (κ2) is 5.63. The minimum absolute atomic E-state index is 0.156. The molecule has 1 heterocycles. The van der Waals surface area contributed by atoms with Crippen molar-refractivity contribution in [2.24, 2.45) is 0 Å². The van der Waals surface area contributed by atoms with E-state index < -0.39 is 0 Å². The van der Waals surface area contributed by atoms with Gasteiger partial charge in [0.25, 0.3) is 0 Å². The molecule has 1 N–H and O–H groups in total. The zero-order chi connectivity index (χ0) is 13.1. The third-order valence-corrected chi connectivity index (χ3v) is 4.30. The highest BCUT2D eigenvalue weighted by Gasteiger charge is 2.07. The monoisotopic (exact) mass is 263 g/mol. The van der Waals surface area contributed by atoms with Gasteiger partial charge in [-0.2, -0.15) is 0 Å². The largest absolute Gasteiger partial charge is 0.305 e. The second-order valence-electron chi connectivity index (χ2n) is 4.61. The molecule has 96 valence electrons. The summed E-state index contributed by atoms with van der Waals surface area (Å²) < 4.78 is 13.1. The standard InChI is InChI=1S/C15H18FNS/c1-10-7-15(18-12(10)3)9-17-11(2)13-5-4-6-14(16)8-13/h4-8,11,17H,9H2,1-3H3. The van der Waals surface area contributed by atoms with Gasteiger partial charge in [0.05, 0.1) is 0 Å². The lowest BCUT2D eigenvalue weighted by atomic mass is 10.1. The van der Waals surface area contributed by atoms with Crippen LogP contribution in [0.5, 0.6) is 0 Å². The number of aryl methyl sites for hydroxylation is 2. The minimum atomic E-state index is -0.177. The zero-order valence-corrected chi connectivity index (χ0v) is 11.8. The molecule has 0 saturated heterocycles. The fraction of sp³-hybridized carbons (Fsp3) is 0.333. The lowest BCUT2D eigenvalue weighted by Gasteiger charge is -2.13. The SMILES string of the molecule is Cc1cc(CNC(C)c2cccc(F)c2)sc1C. The number of hydrogen-bond acceptors (Lipinski definition) is 2. The first-order chi connectivity index (χ1) is 8.56. The van der Waals surface area contributed by atoms with Gasteiger partial charge < -0.3 is 5.32 Å². The molecule has 0 aliphatic rings. The third kappa shape index (κ3) is 3.18. The zero-order valence-electron chi connectivity index (χ0n) is 11.0. The van der Waals surface area contributed by atoms with Gasteiger partial charge in [-0.15, -0.1) is 11.3 Å². The van der Waals surface area contributed by atoms with Crippen molar-refractivity contribution in [1.82, 2.24) is 5.32 Å². The molecule has 0 saturated carbocycles. The molecule has 0 bridgehead atoms. The second-order valence-corrected chi connectivity index (χ2v) is 5.95. The van der Waals surface area contributed by atoms with Crippen molar-refractivity contribution in [3.05, 3.63) is 57.0 Å². The maximum Gasteiger partial charge on any atom is 0.123 e. The molecule has 0 radical (unpaired) electrons. The van der Waals surface area contributed by atoms with Gasteiger partial charge >= 0.3 is 0 Å². The van der Waals surface area contributed by atoms with Crippen LogP contribution >= 0.6 is 11.3 Å². The Kier molecular flexibility index (Phi) is 4.15. The molecular formula is C15H18FNS. The van der Waals surface area contributed by atoms with Gasteiger partial charge in [0, 0.05) is 22.3 Å². The molecule has 0 aliphatic heterocycles. The molecular weight excluding hydrogens is 245 g/mol. The van der Waals surface area contributed by atoms with Crippen molar-refractivity contribution < 1.29 is 4.39 Å². The van der Waals surface area contributed by atoms with Crippen molar-refractivity contribution in [2.45, 2.75) is 33.4 Å². The molecule has 2 aromatic rings. The van der Waals surface area contributed by atoms with Crippen LogP contribution in [0.15, 0.2) is 30.3 Å². The number of benzene rings is 1. The van der Waals surface area contributed by atoms with Crippen LogP contribution in [0.25, 0.3) is 0 Å². The van der Waals surface area contributed by atoms with Gasteiger partial charge in [0.2, 0.25) is 0 Å². The molecule has 1 nitrogen and oxygen atoms in total. The molecule has 1 aromatic carbocycles. The Morgan fingerprint density at radius 2 is 2.06 bits per heavy atom. The maximum atomic E-state index is 13.1. The topological polar surface area (TPSA) is 12.0 Å². The number of rotatable bonds is 4. The van der Waals surface area contributed by atoms with Crippen LogP contribution < -0.4 is 5.32 Å². The van der Waals surface area contributed by atoms with E-state index in [0.29, 0.717) is 0 Å². The lowest BCUT2D eigenvalue weighted by molar-refractivity contribution is 0.568. The van der Waals surface area contributed by atoms with Crippen LogP contribution in [-0.2, 0) is 6.54 Å². The van der Waals surface area contributed by atoms with Crippen molar-refractivity contribution in [3.8, 4) is 0 Å². The van der Waals surface area contributed by atoms with E-state index in [0.717, 1.165) is 12.1 Å². The number of hydrogen-bond donors (Lipinski definition) is 1. The average Bonchev–Trinajstić information content (AvgIpc) is 2.66. The summed E-state index contributed by atoms with van der Waals surface area (Å²) in [6, 6.07) is 9.13. The van der Waals surface area contributed by atoms with Crippen molar-refractivity contribution >= 4 is 11.3 Å². The molecule has 1 unspecified atom stereocenters. The van der Waals surface area contributed by atoms with E-state index in [-0.39, 0.29) is 11.9 Å². The van der Waals surface area contributed by atoms with Crippen LogP contribution in [0.3, 0.4) is 0 Å². The van der Waals surface area contributed by atoms with Gasteiger partial charge in [0.1, 0.15) is 5.82 Å². The maximum absolute atomic E-state index is 13.1. The lowest BCUT2D eigenvalue weighted by Crippen LogP contribution is -2.17. The number of nitrogens with one attached hydrogen (secondary N) is 1. The quantitative estimate of drug-likeness (QED) is 0.864. The predicted octanol–water partition coefficient (Wildman–Crippen LogP) is 4.35. The van der Waals surface area contributed by atoms with Gasteiger partial charge in [-0.3, -0.25) is 0 Å². The Morgan fingerprint density at radius 1 is 1.28 bits per heavy atom.